The van der Waals surface area contributed by atoms with Gasteiger partial charge >= 0.3 is 0 Å². The van der Waals surface area contributed by atoms with E-state index in [-0.39, 0.29) is 28.9 Å². The number of carbonyl (C=O) groups is 1. The molecule has 131 valence electrons. The third-order valence-electron chi connectivity index (χ3n) is 4.27. The van der Waals surface area contributed by atoms with E-state index in [1.807, 2.05) is 60.7 Å². The molecular weight excluding hydrogens is 376 g/mol. The van der Waals surface area contributed by atoms with E-state index < -0.39 is 0 Å². The summed E-state index contributed by atoms with van der Waals surface area (Å²) in [6.07, 6.45) is 17.1. The fourth-order valence-corrected chi connectivity index (χ4v) is 3.11. The van der Waals surface area contributed by atoms with Gasteiger partial charge in [-0.05, 0) is 60.7 Å². The van der Waals surface area contributed by atoms with Crippen LogP contribution in [0.15, 0.2) is 81.7 Å². The number of aromatic amines is 1. The molecule has 1 radical (unpaired) electrons. The summed E-state index contributed by atoms with van der Waals surface area (Å²) in [5.74, 6) is 0.0318. The molecule has 5 rings (SSSR count). The van der Waals surface area contributed by atoms with Gasteiger partial charge in [0.15, 0.2) is 5.78 Å². The van der Waals surface area contributed by atoms with E-state index in [2.05, 4.69) is 20.3 Å². The van der Waals surface area contributed by atoms with E-state index in [1.165, 1.54) is 0 Å². The Balaban J connectivity index is 0.00000168. The fraction of sp³-hybridized carbons (Fsp3) is 0.0500. The van der Waals surface area contributed by atoms with Crippen molar-refractivity contribution in [1.82, 2.24) is 10.3 Å². The molecule has 4 aliphatic rings. The summed E-state index contributed by atoms with van der Waals surface area (Å²) in [7, 11) is 0. The third-order valence-corrected chi connectivity index (χ3v) is 4.27. The van der Waals surface area contributed by atoms with E-state index in [4.69, 9.17) is 0 Å². The molecule has 26 heavy (non-hydrogen) atoms. The van der Waals surface area contributed by atoms with Gasteiger partial charge < -0.3 is 10.3 Å². The van der Waals surface area contributed by atoms with Gasteiger partial charge in [0.05, 0.1) is 22.8 Å². The molecule has 8 bridgehead atoms. The molecule has 0 aromatic carbocycles. The molecule has 0 aliphatic carbocycles. The Morgan fingerprint density at radius 2 is 1.50 bits per heavy atom. The normalized spacial score (nSPS) is 22.2. The molecule has 1 aromatic rings. The predicted molar refractivity (Wildman–Crippen MR) is 98.3 cm³/mol. The minimum absolute atomic E-state index is 0. The minimum atomic E-state index is -0.383. The first-order valence-electron chi connectivity index (χ1n) is 8.09. The largest absolute Gasteiger partial charge is 0.372 e. The van der Waals surface area contributed by atoms with Crippen LogP contribution in [0, 0.1) is 0 Å². The summed E-state index contributed by atoms with van der Waals surface area (Å²) < 4.78 is 0. The van der Waals surface area contributed by atoms with Gasteiger partial charge in [-0.3, -0.25) is 4.79 Å². The van der Waals surface area contributed by atoms with Crippen molar-refractivity contribution in [2.75, 3.05) is 0 Å². The number of rotatable bonds is 0. The van der Waals surface area contributed by atoms with E-state index in [0.29, 0.717) is 0 Å². The third kappa shape index (κ3) is 3.12. The van der Waals surface area contributed by atoms with Crippen LogP contribution in [0.25, 0.3) is 12.2 Å². The molecule has 0 amide bonds. The maximum absolute atomic E-state index is 12.2. The zero-order chi connectivity index (χ0) is 16.8. The van der Waals surface area contributed by atoms with Crippen LogP contribution in [0.2, 0.25) is 0 Å². The zero-order valence-electron chi connectivity index (χ0n) is 13.5. The Hall–Kier alpha value is -2.95. The van der Waals surface area contributed by atoms with E-state index in [0.717, 1.165) is 39.2 Å². The van der Waals surface area contributed by atoms with Crippen molar-refractivity contribution in [3.8, 4) is 0 Å². The number of ketones is 1. The number of aromatic nitrogens is 1. The van der Waals surface area contributed by atoms with Gasteiger partial charge in [0.1, 0.15) is 6.04 Å². The minimum Gasteiger partial charge on any atom is -0.372 e. The maximum Gasteiger partial charge on any atom is 0.183 e. The van der Waals surface area contributed by atoms with Gasteiger partial charge in [-0.15, -0.1) is 0 Å². The molecular formula is C20H14CuN4O. The molecule has 5 nitrogen and oxygen atoms in total. The number of H-pyrrole nitrogens is 1. The Morgan fingerprint density at radius 1 is 0.808 bits per heavy atom. The first kappa shape index (κ1) is 16.5. The molecule has 0 spiro atoms. The fourth-order valence-electron chi connectivity index (χ4n) is 3.11. The molecule has 6 heteroatoms. The van der Waals surface area contributed by atoms with E-state index >= 15 is 0 Å². The Labute approximate surface area is 160 Å². The first-order valence-corrected chi connectivity index (χ1v) is 8.09. The Kier molecular flexibility index (Phi) is 4.07. The second kappa shape index (κ2) is 6.41. The molecule has 1 unspecified atom stereocenters. The molecule has 1 atom stereocenters. The number of nitrogens with one attached hydrogen (secondary N) is 2. The maximum atomic E-state index is 12.2. The van der Waals surface area contributed by atoms with Gasteiger partial charge in [-0.25, -0.2) is 9.98 Å². The molecule has 0 fully saturated rings. The monoisotopic (exact) mass is 389 g/mol. The Bertz CT molecular complexity index is 1140. The van der Waals surface area contributed by atoms with Crippen molar-refractivity contribution in [3.05, 3.63) is 82.5 Å². The van der Waals surface area contributed by atoms with Crippen LogP contribution in [0.4, 0.5) is 0 Å². The van der Waals surface area contributed by atoms with Crippen LogP contribution in [-0.2, 0) is 21.9 Å². The second-order valence-corrected chi connectivity index (χ2v) is 6.18. The quantitative estimate of drug-likeness (QED) is 0.644. The van der Waals surface area contributed by atoms with Gasteiger partial charge in [-0.1, -0.05) is 0 Å². The summed E-state index contributed by atoms with van der Waals surface area (Å²) in [6.45, 7) is 0. The van der Waals surface area contributed by atoms with Crippen LogP contribution in [0.5, 0.6) is 0 Å². The van der Waals surface area contributed by atoms with Crippen molar-refractivity contribution in [1.29, 1.82) is 0 Å². The average Bonchev–Trinajstić information content (AvgIpc) is 3.33. The summed E-state index contributed by atoms with van der Waals surface area (Å²) >= 11 is 0. The Morgan fingerprint density at radius 3 is 2.35 bits per heavy atom. The van der Waals surface area contributed by atoms with Crippen molar-refractivity contribution in [2.24, 2.45) is 9.98 Å². The summed E-state index contributed by atoms with van der Waals surface area (Å²) in [6, 6.07) is 3.59. The van der Waals surface area contributed by atoms with Crippen molar-refractivity contribution in [3.63, 3.8) is 0 Å². The van der Waals surface area contributed by atoms with E-state index in [9.17, 15) is 4.79 Å². The number of aliphatic imine (C=N–C) groups is 2. The number of carbonyl (C=O) groups excluding carboxylic acids is 1. The smallest absolute Gasteiger partial charge is 0.183 e. The molecule has 4 aliphatic heterocycles. The predicted octanol–water partition coefficient (Wildman–Crippen LogP) is 0.801. The van der Waals surface area contributed by atoms with Crippen molar-refractivity contribution < 1.29 is 21.9 Å². The molecule has 0 saturated heterocycles. The summed E-state index contributed by atoms with van der Waals surface area (Å²) in [5.41, 5.74) is 4.15. The van der Waals surface area contributed by atoms with Gasteiger partial charge in [0, 0.05) is 39.5 Å². The van der Waals surface area contributed by atoms with E-state index in [1.54, 1.807) is 6.08 Å². The number of allylic oxidation sites excluding steroid dienone is 6. The van der Waals surface area contributed by atoms with Crippen LogP contribution in [0.3, 0.4) is 0 Å². The SMILES string of the molecule is O=C1C=C2C=c3ccc([nH]3)=CC3=NC(=CC4=NC(=CC1N2)C=C4)C=C3.[Cu]. The van der Waals surface area contributed by atoms with Crippen LogP contribution in [0.1, 0.15) is 0 Å². The summed E-state index contributed by atoms with van der Waals surface area (Å²) in [4.78, 5) is 24.7. The number of fused-ring (bicyclic) bond motifs is 6. The van der Waals surface area contributed by atoms with Crippen LogP contribution < -0.4 is 16.0 Å². The van der Waals surface area contributed by atoms with Crippen molar-refractivity contribution in [2.45, 2.75) is 6.04 Å². The van der Waals surface area contributed by atoms with Crippen LogP contribution >= 0.6 is 0 Å². The molecule has 0 saturated carbocycles. The molecule has 5 heterocycles. The summed E-state index contributed by atoms with van der Waals surface area (Å²) in [5, 5.41) is 5.12. The average molecular weight is 390 g/mol. The first-order chi connectivity index (χ1) is 12.2. The number of nitrogens with zero attached hydrogens (tertiary/aromatic N) is 2. The zero-order valence-corrected chi connectivity index (χ0v) is 14.5. The second-order valence-electron chi connectivity index (χ2n) is 6.18. The van der Waals surface area contributed by atoms with Crippen LogP contribution in [-0.4, -0.2) is 28.2 Å². The standard InChI is InChI=1S/C20H14N4O.Cu/c25-20-11-18-9-16-4-3-14(22-16)7-12-1-2-13(21-12)8-15-5-6-17(23-15)10-19(20)24-18;/h1-11,19,22,24H;. The van der Waals surface area contributed by atoms with Gasteiger partial charge in [-0.2, -0.15) is 0 Å². The number of hydrogen-bond acceptors (Lipinski definition) is 4. The number of hydrogen-bond donors (Lipinski definition) is 2. The van der Waals surface area contributed by atoms with Gasteiger partial charge in [0.25, 0.3) is 0 Å². The molecule has 2 N–H and O–H groups in total. The van der Waals surface area contributed by atoms with Gasteiger partial charge in [0.2, 0.25) is 0 Å². The topological polar surface area (TPSA) is 69.6 Å². The molecule has 1 aromatic heterocycles. The van der Waals surface area contributed by atoms with Crippen molar-refractivity contribution >= 4 is 29.4 Å².